The van der Waals surface area contributed by atoms with Crippen molar-refractivity contribution >= 4 is 11.6 Å². The summed E-state index contributed by atoms with van der Waals surface area (Å²) >= 11 is 0. The molecule has 1 aromatic rings. The molecule has 1 aromatic carbocycles. The largest absolute Gasteiger partial charge is 0.416 e. The predicted octanol–water partition coefficient (Wildman–Crippen LogP) is 2.02. The van der Waals surface area contributed by atoms with Gasteiger partial charge in [-0.25, -0.2) is 0 Å². The van der Waals surface area contributed by atoms with Gasteiger partial charge in [-0.15, -0.1) is 0 Å². The summed E-state index contributed by atoms with van der Waals surface area (Å²) in [6, 6.07) is 5.11. The lowest BCUT2D eigenvalue weighted by atomic mass is 10.1. The number of carbonyl (C=O) groups excluding carboxylic acids is 1. The highest BCUT2D eigenvalue weighted by Crippen LogP contribution is 2.32. The summed E-state index contributed by atoms with van der Waals surface area (Å²) in [5.41, 5.74) is 4.99. The molecule has 0 aliphatic carbocycles. The van der Waals surface area contributed by atoms with Gasteiger partial charge < -0.3 is 10.6 Å². The van der Waals surface area contributed by atoms with E-state index in [0.29, 0.717) is 25.2 Å². The maximum absolute atomic E-state index is 12.6. The van der Waals surface area contributed by atoms with Gasteiger partial charge in [0, 0.05) is 18.8 Å². The average molecular weight is 258 g/mol. The zero-order valence-electron chi connectivity index (χ0n) is 9.57. The Balaban J connectivity index is 2.18. The third-order valence-corrected chi connectivity index (χ3v) is 3.13. The molecule has 18 heavy (non-hydrogen) atoms. The third-order valence-electron chi connectivity index (χ3n) is 3.13. The van der Waals surface area contributed by atoms with Crippen LogP contribution in [0, 0.1) is 5.92 Å². The minimum Gasteiger partial charge on any atom is -0.371 e. The molecule has 2 N–H and O–H groups in total. The minimum atomic E-state index is -4.35. The van der Waals surface area contributed by atoms with Crippen molar-refractivity contribution in [1.82, 2.24) is 0 Å². The molecular formula is C12H13F3N2O. The highest BCUT2D eigenvalue weighted by molar-refractivity contribution is 5.78. The molecule has 1 fully saturated rings. The topological polar surface area (TPSA) is 46.3 Å². The first-order valence-electron chi connectivity index (χ1n) is 5.59. The Kier molecular flexibility index (Phi) is 3.19. The number of rotatable bonds is 2. The van der Waals surface area contributed by atoms with E-state index >= 15 is 0 Å². The molecule has 0 saturated carbocycles. The fourth-order valence-corrected chi connectivity index (χ4v) is 2.11. The molecule has 1 saturated heterocycles. The number of anilines is 1. The standard InChI is InChI=1S/C12H13F3N2O/c13-12(14,15)9-2-1-3-10(6-9)17-5-4-8(7-17)11(16)18/h1-3,6,8H,4-5,7H2,(H2,16,18). The van der Waals surface area contributed by atoms with E-state index in [0.717, 1.165) is 12.1 Å². The molecule has 2 rings (SSSR count). The molecule has 1 atom stereocenters. The van der Waals surface area contributed by atoms with Crippen LogP contribution < -0.4 is 10.6 Å². The van der Waals surface area contributed by atoms with Crippen LogP contribution in [-0.4, -0.2) is 19.0 Å². The molecular weight excluding hydrogens is 245 g/mol. The van der Waals surface area contributed by atoms with E-state index in [4.69, 9.17) is 5.73 Å². The first-order valence-corrected chi connectivity index (χ1v) is 5.59. The van der Waals surface area contributed by atoms with Crippen LogP contribution in [0.1, 0.15) is 12.0 Å². The zero-order chi connectivity index (χ0) is 13.3. The first kappa shape index (κ1) is 12.7. The summed E-state index contributed by atoms with van der Waals surface area (Å²) in [5.74, 6) is -0.677. The Morgan fingerprint density at radius 2 is 2.11 bits per heavy atom. The van der Waals surface area contributed by atoms with Gasteiger partial charge in [0.1, 0.15) is 0 Å². The molecule has 98 valence electrons. The van der Waals surface area contributed by atoms with Crippen molar-refractivity contribution < 1.29 is 18.0 Å². The number of nitrogens with zero attached hydrogens (tertiary/aromatic N) is 1. The van der Waals surface area contributed by atoms with E-state index < -0.39 is 17.6 Å². The molecule has 1 amide bonds. The van der Waals surface area contributed by atoms with E-state index in [2.05, 4.69) is 0 Å². The van der Waals surface area contributed by atoms with Crippen molar-refractivity contribution in [1.29, 1.82) is 0 Å². The first-order chi connectivity index (χ1) is 8.38. The molecule has 1 unspecified atom stereocenters. The van der Waals surface area contributed by atoms with Gasteiger partial charge in [0.15, 0.2) is 0 Å². The van der Waals surface area contributed by atoms with Crippen LogP contribution in [0.3, 0.4) is 0 Å². The summed E-state index contributed by atoms with van der Waals surface area (Å²) in [5, 5.41) is 0. The Bertz CT molecular complexity index is 459. The van der Waals surface area contributed by atoms with Crippen LogP contribution in [0.5, 0.6) is 0 Å². The fourth-order valence-electron chi connectivity index (χ4n) is 2.11. The number of halogens is 3. The molecule has 0 aromatic heterocycles. The van der Waals surface area contributed by atoms with Crippen molar-refractivity contribution in [3.8, 4) is 0 Å². The quantitative estimate of drug-likeness (QED) is 0.882. The lowest BCUT2D eigenvalue weighted by Crippen LogP contribution is -2.27. The Labute approximate surface area is 102 Å². The second-order valence-electron chi connectivity index (χ2n) is 4.38. The van der Waals surface area contributed by atoms with Gasteiger partial charge >= 0.3 is 6.18 Å². The van der Waals surface area contributed by atoms with E-state index in [1.807, 2.05) is 0 Å². The summed E-state index contributed by atoms with van der Waals surface area (Å²) in [4.78, 5) is 12.8. The smallest absolute Gasteiger partial charge is 0.371 e. The lowest BCUT2D eigenvalue weighted by Gasteiger charge is -2.19. The summed E-state index contributed by atoms with van der Waals surface area (Å²) in [6.45, 7) is 0.936. The van der Waals surface area contributed by atoms with Crippen molar-refractivity contribution in [3.05, 3.63) is 29.8 Å². The monoisotopic (exact) mass is 258 g/mol. The molecule has 0 spiro atoms. The zero-order valence-corrected chi connectivity index (χ0v) is 9.57. The van der Waals surface area contributed by atoms with E-state index in [-0.39, 0.29) is 5.92 Å². The molecule has 0 radical (unpaired) electrons. The normalized spacial score (nSPS) is 20.2. The van der Waals surface area contributed by atoms with Gasteiger partial charge in [-0.1, -0.05) is 6.07 Å². The molecule has 3 nitrogen and oxygen atoms in total. The SMILES string of the molecule is NC(=O)C1CCN(c2cccc(C(F)(F)F)c2)C1. The van der Waals surface area contributed by atoms with E-state index in [9.17, 15) is 18.0 Å². The maximum Gasteiger partial charge on any atom is 0.416 e. The summed E-state index contributed by atoms with van der Waals surface area (Å²) < 4.78 is 37.7. The molecule has 1 aliphatic heterocycles. The second kappa shape index (κ2) is 4.51. The third kappa shape index (κ3) is 2.57. The Hall–Kier alpha value is -1.72. The lowest BCUT2D eigenvalue weighted by molar-refractivity contribution is -0.137. The number of hydrogen-bond acceptors (Lipinski definition) is 2. The van der Waals surface area contributed by atoms with Crippen LogP contribution in [0.2, 0.25) is 0 Å². The minimum absolute atomic E-state index is 0.278. The van der Waals surface area contributed by atoms with Crippen molar-refractivity contribution in [2.24, 2.45) is 11.7 Å². The Morgan fingerprint density at radius 1 is 1.39 bits per heavy atom. The second-order valence-corrected chi connectivity index (χ2v) is 4.38. The summed E-state index contributed by atoms with van der Waals surface area (Å²) in [6.07, 6.45) is -3.76. The number of primary amides is 1. The van der Waals surface area contributed by atoms with Crippen molar-refractivity contribution in [2.45, 2.75) is 12.6 Å². The summed E-state index contributed by atoms with van der Waals surface area (Å²) in [7, 11) is 0. The number of hydrogen-bond donors (Lipinski definition) is 1. The number of benzene rings is 1. The highest BCUT2D eigenvalue weighted by atomic mass is 19.4. The van der Waals surface area contributed by atoms with E-state index in [1.54, 1.807) is 11.0 Å². The van der Waals surface area contributed by atoms with Crippen LogP contribution in [0.4, 0.5) is 18.9 Å². The fraction of sp³-hybridized carbons (Fsp3) is 0.417. The molecule has 0 bridgehead atoms. The number of nitrogens with two attached hydrogens (primary N) is 1. The number of alkyl halides is 3. The molecule has 1 aliphatic rings. The van der Waals surface area contributed by atoms with Gasteiger partial charge in [0.2, 0.25) is 5.91 Å². The molecule has 6 heteroatoms. The molecule has 1 heterocycles. The van der Waals surface area contributed by atoms with Gasteiger partial charge in [-0.3, -0.25) is 4.79 Å². The highest BCUT2D eigenvalue weighted by Gasteiger charge is 2.32. The van der Waals surface area contributed by atoms with Gasteiger partial charge in [0.25, 0.3) is 0 Å². The van der Waals surface area contributed by atoms with Crippen LogP contribution >= 0.6 is 0 Å². The van der Waals surface area contributed by atoms with Gasteiger partial charge in [-0.05, 0) is 24.6 Å². The van der Waals surface area contributed by atoms with Crippen LogP contribution in [0.25, 0.3) is 0 Å². The van der Waals surface area contributed by atoms with Crippen molar-refractivity contribution in [3.63, 3.8) is 0 Å². The van der Waals surface area contributed by atoms with Crippen LogP contribution in [-0.2, 0) is 11.0 Å². The predicted molar refractivity (Wildman–Crippen MR) is 61.0 cm³/mol. The average Bonchev–Trinajstić information content (AvgIpc) is 2.77. The Morgan fingerprint density at radius 3 is 2.67 bits per heavy atom. The van der Waals surface area contributed by atoms with Crippen LogP contribution in [0.15, 0.2) is 24.3 Å². The van der Waals surface area contributed by atoms with Crippen molar-refractivity contribution in [2.75, 3.05) is 18.0 Å². The van der Waals surface area contributed by atoms with Gasteiger partial charge in [-0.2, -0.15) is 13.2 Å². The number of amides is 1. The van der Waals surface area contributed by atoms with Gasteiger partial charge in [0.05, 0.1) is 11.5 Å². The number of carbonyl (C=O) groups is 1. The maximum atomic E-state index is 12.6. The van der Waals surface area contributed by atoms with E-state index in [1.165, 1.54) is 6.07 Å².